The Balaban J connectivity index is 1.86. The summed E-state index contributed by atoms with van der Waals surface area (Å²) in [7, 11) is -3.09. The van der Waals surface area contributed by atoms with Crippen molar-refractivity contribution in [3.63, 3.8) is 0 Å². The summed E-state index contributed by atoms with van der Waals surface area (Å²) in [5.41, 5.74) is 0. The summed E-state index contributed by atoms with van der Waals surface area (Å²) < 4.78 is 27.0. The summed E-state index contributed by atoms with van der Waals surface area (Å²) in [4.78, 5) is 2.07. The lowest BCUT2D eigenvalue weighted by molar-refractivity contribution is -0.256. The van der Waals surface area contributed by atoms with Gasteiger partial charge < -0.3 is 0 Å². The molecule has 0 aromatic carbocycles. The summed E-state index contributed by atoms with van der Waals surface area (Å²) in [5, 5.41) is 0. The van der Waals surface area contributed by atoms with Gasteiger partial charge in [-0.1, -0.05) is 6.92 Å². The molecule has 2 bridgehead atoms. The summed E-state index contributed by atoms with van der Waals surface area (Å²) >= 11 is 0. The van der Waals surface area contributed by atoms with Gasteiger partial charge in [-0.3, -0.25) is 4.52 Å². The highest BCUT2D eigenvalue weighted by Gasteiger charge is 2.75. The van der Waals surface area contributed by atoms with Crippen LogP contribution in [0.15, 0.2) is 0 Å². The third kappa shape index (κ3) is 0.891. The van der Waals surface area contributed by atoms with Crippen LogP contribution in [-0.2, 0) is 18.1 Å². The molecule has 1 atom stereocenters. The van der Waals surface area contributed by atoms with Crippen molar-refractivity contribution in [1.29, 1.82) is 0 Å². The second-order valence-electron chi connectivity index (χ2n) is 3.63. The Labute approximate surface area is 76.6 Å². The predicted molar refractivity (Wildman–Crippen MR) is 43.9 cm³/mol. The zero-order valence-electron chi connectivity index (χ0n) is 7.43. The van der Waals surface area contributed by atoms with Gasteiger partial charge in [-0.25, -0.2) is 18.5 Å². The van der Waals surface area contributed by atoms with Crippen molar-refractivity contribution in [3.05, 3.63) is 0 Å². The maximum absolute atomic E-state index is 11.3. The zero-order valence-corrected chi connectivity index (χ0v) is 8.33. The van der Waals surface area contributed by atoms with Gasteiger partial charge in [0.1, 0.15) is 6.10 Å². The molecule has 0 N–H and O–H groups in total. The van der Waals surface area contributed by atoms with Crippen LogP contribution in [0.3, 0.4) is 0 Å². The Morgan fingerprint density at radius 1 is 1.62 bits per heavy atom. The van der Waals surface area contributed by atoms with Gasteiger partial charge in [-0.2, -0.15) is 0 Å². The molecular formula is C7H12NO4P. The highest BCUT2D eigenvalue weighted by molar-refractivity contribution is 7.50. The monoisotopic (exact) mass is 205 g/mol. The second-order valence-corrected chi connectivity index (χ2v) is 5.10. The number of hydrogen-bond acceptors (Lipinski definition) is 5. The summed E-state index contributed by atoms with van der Waals surface area (Å²) in [6.07, 6.45) is 1.75. The first-order chi connectivity index (χ1) is 6.19. The van der Waals surface area contributed by atoms with Crippen LogP contribution in [0.4, 0.5) is 0 Å². The lowest BCUT2D eigenvalue weighted by atomic mass is 10.2. The standard InChI is InChI=1S/C7H12NO4P/c1-2-4-8-5-3-6-7(8)11-13(9,10-6)12-7/h6H,2-5H2,1H3. The third-order valence-corrected chi connectivity index (χ3v) is 4.23. The van der Waals surface area contributed by atoms with E-state index >= 15 is 0 Å². The maximum Gasteiger partial charge on any atom is 0.482 e. The molecule has 4 fully saturated rings. The van der Waals surface area contributed by atoms with E-state index in [-0.39, 0.29) is 6.10 Å². The van der Waals surface area contributed by atoms with Crippen LogP contribution >= 0.6 is 7.82 Å². The average molecular weight is 205 g/mol. The number of phosphoric acid groups is 1. The molecule has 74 valence electrons. The smallest absolute Gasteiger partial charge is 0.276 e. The van der Waals surface area contributed by atoms with E-state index < -0.39 is 13.7 Å². The van der Waals surface area contributed by atoms with Crippen molar-refractivity contribution in [2.45, 2.75) is 31.8 Å². The normalized spacial score (nSPS) is 53.5. The minimum Gasteiger partial charge on any atom is -0.276 e. The molecule has 0 aromatic rings. The largest absolute Gasteiger partial charge is 0.482 e. The van der Waals surface area contributed by atoms with Crippen LogP contribution in [-0.4, -0.2) is 30.0 Å². The maximum atomic E-state index is 11.3. The Hall–Kier alpha value is 0.0700. The first-order valence-corrected chi connectivity index (χ1v) is 6.09. The van der Waals surface area contributed by atoms with Gasteiger partial charge in [0.15, 0.2) is 0 Å². The van der Waals surface area contributed by atoms with E-state index in [1.54, 1.807) is 0 Å². The Morgan fingerprint density at radius 2 is 2.38 bits per heavy atom. The lowest BCUT2D eigenvalue weighted by Crippen LogP contribution is -2.53. The quantitative estimate of drug-likeness (QED) is 0.636. The number of likely N-dealkylation sites (tertiary alicyclic amines) is 1. The fourth-order valence-corrected chi connectivity index (χ4v) is 3.99. The van der Waals surface area contributed by atoms with Gasteiger partial charge in [0.05, 0.1) is 0 Å². The summed E-state index contributed by atoms with van der Waals surface area (Å²) in [5.74, 6) is -0.772. The van der Waals surface area contributed by atoms with Gasteiger partial charge in [0.2, 0.25) is 0 Å². The fraction of sp³-hybridized carbons (Fsp3) is 1.00. The molecule has 0 amide bonds. The van der Waals surface area contributed by atoms with Gasteiger partial charge in [-0.15, -0.1) is 0 Å². The molecule has 5 nitrogen and oxygen atoms in total. The van der Waals surface area contributed by atoms with Crippen LogP contribution in [0.1, 0.15) is 19.8 Å². The molecule has 0 radical (unpaired) electrons. The molecule has 0 aromatic heterocycles. The van der Waals surface area contributed by atoms with Gasteiger partial charge in [0.25, 0.3) is 5.91 Å². The van der Waals surface area contributed by atoms with E-state index in [1.165, 1.54) is 0 Å². The van der Waals surface area contributed by atoms with Crippen molar-refractivity contribution in [3.8, 4) is 0 Å². The van der Waals surface area contributed by atoms with E-state index in [9.17, 15) is 4.57 Å². The highest BCUT2D eigenvalue weighted by Crippen LogP contribution is 2.76. The predicted octanol–water partition coefficient (Wildman–Crippen LogP) is 1.31. The van der Waals surface area contributed by atoms with E-state index in [1.807, 2.05) is 0 Å². The van der Waals surface area contributed by atoms with Crippen LogP contribution in [0.25, 0.3) is 0 Å². The first-order valence-electron chi connectivity index (χ1n) is 4.63. The minimum atomic E-state index is -3.09. The van der Waals surface area contributed by atoms with Crippen molar-refractivity contribution in [1.82, 2.24) is 4.90 Å². The molecule has 4 rings (SSSR count). The zero-order chi connectivity index (χ0) is 9.10. The SMILES string of the molecule is CCCN1CCC2OP3(=O)OC21O3. The van der Waals surface area contributed by atoms with Gasteiger partial charge in [0, 0.05) is 13.1 Å². The van der Waals surface area contributed by atoms with Gasteiger partial charge >= 0.3 is 7.82 Å². The van der Waals surface area contributed by atoms with Crippen LogP contribution in [0.5, 0.6) is 0 Å². The van der Waals surface area contributed by atoms with Crippen LogP contribution < -0.4 is 0 Å². The third-order valence-electron chi connectivity index (χ3n) is 2.74. The second kappa shape index (κ2) is 2.35. The average Bonchev–Trinajstić information content (AvgIpc) is 2.54. The lowest BCUT2D eigenvalue weighted by Gasteiger charge is -2.39. The van der Waals surface area contributed by atoms with Crippen molar-refractivity contribution in [2.24, 2.45) is 0 Å². The molecule has 4 aliphatic heterocycles. The fourth-order valence-electron chi connectivity index (χ4n) is 2.23. The molecule has 4 heterocycles. The molecule has 4 aliphatic rings. The van der Waals surface area contributed by atoms with Crippen molar-refractivity contribution >= 4 is 7.82 Å². The molecule has 0 saturated carbocycles. The van der Waals surface area contributed by atoms with Crippen molar-refractivity contribution < 1.29 is 18.1 Å². The minimum absolute atomic E-state index is 0.134. The Morgan fingerprint density at radius 3 is 3.08 bits per heavy atom. The van der Waals surface area contributed by atoms with Gasteiger partial charge in [-0.05, 0) is 12.8 Å². The van der Waals surface area contributed by atoms with Crippen LogP contribution in [0.2, 0.25) is 0 Å². The van der Waals surface area contributed by atoms with E-state index in [0.29, 0.717) is 0 Å². The Bertz CT molecular complexity index is 282. The topological polar surface area (TPSA) is 48.0 Å². The Kier molecular flexibility index (Phi) is 1.52. The first kappa shape index (κ1) is 8.38. The molecule has 6 heteroatoms. The molecule has 0 aliphatic carbocycles. The van der Waals surface area contributed by atoms with Crippen molar-refractivity contribution in [2.75, 3.05) is 13.1 Å². The number of rotatable bonds is 2. The number of phosphoric ester groups is 1. The highest BCUT2D eigenvalue weighted by atomic mass is 31.2. The molecule has 1 unspecified atom stereocenters. The van der Waals surface area contributed by atoms with E-state index in [4.69, 9.17) is 13.6 Å². The summed E-state index contributed by atoms with van der Waals surface area (Å²) in [6, 6.07) is 0. The molecule has 13 heavy (non-hydrogen) atoms. The molecular weight excluding hydrogens is 193 g/mol. The van der Waals surface area contributed by atoms with E-state index in [0.717, 1.165) is 25.9 Å². The number of nitrogens with zero attached hydrogens (tertiary/aromatic N) is 1. The summed E-state index contributed by atoms with van der Waals surface area (Å²) in [6.45, 7) is 3.90. The molecule has 1 spiro atoms. The number of hydrogen-bond donors (Lipinski definition) is 0. The van der Waals surface area contributed by atoms with E-state index in [2.05, 4.69) is 11.8 Å². The molecule has 4 saturated heterocycles. The van der Waals surface area contributed by atoms with Crippen LogP contribution in [0, 0.1) is 0 Å².